The number of nitrogens with zero attached hydrogens (tertiary/aromatic N) is 1. The van der Waals surface area contributed by atoms with E-state index in [1.165, 1.54) is 12.1 Å². The SMILES string of the molecule is CC(C)(C)c1cc(S(=O)(=O)O)cc(C(C)(C)C)n1. The van der Waals surface area contributed by atoms with Crippen LogP contribution in [0.15, 0.2) is 17.0 Å². The van der Waals surface area contributed by atoms with E-state index < -0.39 is 10.1 Å². The zero-order valence-corrected chi connectivity index (χ0v) is 12.6. The quantitative estimate of drug-likeness (QED) is 0.797. The average Bonchev–Trinajstić information content (AvgIpc) is 2.13. The van der Waals surface area contributed by atoms with Crippen LogP contribution in [0.1, 0.15) is 52.9 Å². The molecule has 0 amide bonds. The molecule has 0 spiro atoms. The van der Waals surface area contributed by atoms with Crippen molar-refractivity contribution in [1.29, 1.82) is 0 Å². The highest BCUT2D eigenvalue weighted by molar-refractivity contribution is 7.85. The van der Waals surface area contributed by atoms with E-state index in [2.05, 4.69) is 4.98 Å². The molecule has 0 fully saturated rings. The van der Waals surface area contributed by atoms with Gasteiger partial charge in [-0.3, -0.25) is 9.54 Å². The Hall–Kier alpha value is -0.940. The molecule has 0 saturated carbocycles. The third-order valence-electron chi connectivity index (χ3n) is 2.63. The van der Waals surface area contributed by atoms with Crippen molar-refractivity contribution in [3.05, 3.63) is 23.5 Å². The van der Waals surface area contributed by atoms with E-state index in [-0.39, 0.29) is 15.7 Å². The van der Waals surface area contributed by atoms with E-state index in [1.54, 1.807) is 0 Å². The lowest BCUT2D eigenvalue weighted by Gasteiger charge is -2.24. The first kappa shape index (κ1) is 15.1. The van der Waals surface area contributed by atoms with Crippen LogP contribution in [0.25, 0.3) is 0 Å². The lowest BCUT2D eigenvalue weighted by Crippen LogP contribution is -2.21. The van der Waals surface area contributed by atoms with Crippen LogP contribution in [0.5, 0.6) is 0 Å². The number of aromatic nitrogens is 1. The molecule has 1 aromatic heterocycles. The van der Waals surface area contributed by atoms with Gasteiger partial charge in [-0.1, -0.05) is 41.5 Å². The van der Waals surface area contributed by atoms with Crippen LogP contribution in [-0.4, -0.2) is 18.0 Å². The van der Waals surface area contributed by atoms with Crippen molar-refractivity contribution in [3.63, 3.8) is 0 Å². The molecule has 5 heteroatoms. The maximum atomic E-state index is 11.3. The van der Waals surface area contributed by atoms with Gasteiger partial charge in [0.2, 0.25) is 0 Å². The summed E-state index contributed by atoms with van der Waals surface area (Å²) >= 11 is 0. The highest BCUT2D eigenvalue weighted by Crippen LogP contribution is 2.28. The number of hydrogen-bond donors (Lipinski definition) is 1. The van der Waals surface area contributed by atoms with E-state index in [4.69, 9.17) is 0 Å². The largest absolute Gasteiger partial charge is 0.294 e. The van der Waals surface area contributed by atoms with Crippen LogP contribution >= 0.6 is 0 Å². The topological polar surface area (TPSA) is 67.3 Å². The van der Waals surface area contributed by atoms with Crippen LogP contribution in [0.2, 0.25) is 0 Å². The minimum Gasteiger partial charge on any atom is -0.282 e. The lowest BCUT2D eigenvalue weighted by molar-refractivity contribution is 0.479. The van der Waals surface area contributed by atoms with Gasteiger partial charge < -0.3 is 0 Å². The molecular weight excluding hydrogens is 250 g/mol. The predicted molar refractivity (Wildman–Crippen MR) is 71.5 cm³/mol. The van der Waals surface area contributed by atoms with E-state index in [9.17, 15) is 13.0 Å². The molecular formula is C13H21NO3S. The van der Waals surface area contributed by atoms with Crippen LogP contribution in [0.3, 0.4) is 0 Å². The zero-order valence-electron chi connectivity index (χ0n) is 11.8. The molecule has 102 valence electrons. The molecule has 4 nitrogen and oxygen atoms in total. The Kier molecular flexibility index (Phi) is 3.62. The van der Waals surface area contributed by atoms with Gasteiger partial charge in [0.25, 0.3) is 10.1 Å². The molecule has 0 aliphatic heterocycles. The Morgan fingerprint density at radius 1 is 0.944 bits per heavy atom. The molecule has 0 aliphatic rings. The fourth-order valence-electron chi connectivity index (χ4n) is 1.42. The van der Waals surface area contributed by atoms with Gasteiger partial charge >= 0.3 is 0 Å². The van der Waals surface area contributed by atoms with Crippen LogP contribution in [-0.2, 0) is 20.9 Å². The van der Waals surface area contributed by atoms with Gasteiger partial charge in [-0.15, -0.1) is 0 Å². The second-order valence-corrected chi connectivity index (χ2v) is 7.97. The third kappa shape index (κ3) is 3.53. The van der Waals surface area contributed by atoms with Gasteiger partial charge in [0.05, 0.1) is 4.90 Å². The second kappa shape index (κ2) is 4.31. The summed E-state index contributed by atoms with van der Waals surface area (Å²) in [5.74, 6) is 0. The Labute approximate surface area is 109 Å². The van der Waals surface area contributed by atoms with Crippen molar-refractivity contribution in [3.8, 4) is 0 Å². The van der Waals surface area contributed by atoms with Crippen molar-refractivity contribution >= 4 is 10.1 Å². The summed E-state index contributed by atoms with van der Waals surface area (Å²) in [7, 11) is -4.21. The van der Waals surface area contributed by atoms with E-state index in [1.807, 2.05) is 41.5 Å². The molecule has 1 heterocycles. The summed E-state index contributed by atoms with van der Waals surface area (Å²) < 4.78 is 31.9. The molecule has 0 saturated heterocycles. The van der Waals surface area contributed by atoms with Gasteiger partial charge in [-0.2, -0.15) is 8.42 Å². The smallest absolute Gasteiger partial charge is 0.282 e. The summed E-state index contributed by atoms with van der Waals surface area (Å²) in [4.78, 5) is 4.42. The normalized spacial score (nSPS) is 13.7. The van der Waals surface area contributed by atoms with Gasteiger partial charge in [0.15, 0.2) is 0 Å². The van der Waals surface area contributed by atoms with Crippen molar-refractivity contribution < 1.29 is 13.0 Å². The standard InChI is InChI=1S/C13H21NO3S/c1-12(2,3)10-7-9(18(15,16)17)8-11(14-10)13(4,5)6/h7-8H,1-6H3,(H,15,16,17). The number of pyridine rings is 1. The molecule has 1 aromatic rings. The highest BCUT2D eigenvalue weighted by Gasteiger charge is 2.25. The fourth-order valence-corrected chi connectivity index (χ4v) is 1.94. The lowest BCUT2D eigenvalue weighted by atomic mass is 9.88. The average molecular weight is 271 g/mol. The molecule has 0 aromatic carbocycles. The number of rotatable bonds is 1. The summed E-state index contributed by atoms with van der Waals surface area (Å²) in [6.45, 7) is 11.7. The minimum absolute atomic E-state index is 0.0904. The fraction of sp³-hybridized carbons (Fsp3) is 0.615. The van der Waals surface area contributed by atoms with Crippen molar-refractivity contribution in [1.82, 2.24) is 4.98 Å². The zero-order chi connectivity index (χ0) is 14.4. The molecule has 0 unspecified atom stereocenters. The van der Waals surface area contributed by atoms with E-state index >= 15 is 0 Å². The highest BCUT2D eigenvalue weighted by atomic mass is 32.2. The first-order valence-electron chi connectivity index (χ1n) is 5.82. The van der Waals surface area contributed by atoms with E-state index in [0.717, 1.165) is 0 Å². The summed E-state index contributed by atoms with van der Waals surface area (Å²) in [6, 6.07) is 2.87. The van der Waals surface area contributed by atoms with Gasteiger partial charge in [-0.05, 0) is 12.1 Å². The molecule has 0 atom stereocenters. The third-order valence-corrected chi connectivity index (χ3v) is 3.46. The molecule has 1 rings (SSSR count). The maximum absolute atomic E-state index is 11.3. The van der Waals surface area contributed by atoms with E-state index in [0.29, 0.717) is 11.4 Å². The molecule has 18 heavy (non-hydrogen) atoms. The Morgan fingerprint density at radius 2 is 1.28 bits per heavy atom. The molecule has 0 aliphatic carbocycles. The van der Waals surface area contributed by atoms with Gasteiger partial charge in [0, 0.05) is 22.2 Å². The summed E-state index contributed by atoms with van der Waals surface area (Å²) in [6.07, 6.45) is 0. The van der Waals surface area contributed by atoms with Gasteiger partial charge in [-0.25, -0.2) is 0 Å². The van der Waals surface area contributed by atoms with Crippen LogP contribution < -0.4 is 0 Å². The second-order valence-electron chi connectivity index (χ2n) is 6.55. The number of hydrogen-bond acceptors (Lipinski definition) is 3. The Balaban J connectivity index is 3.60. The first-order chi connectivity index (χ1) is 7.82. The van der Waals surface area contributed by atoms with Crippen molar-refractivity contribution in [2.45, 2.75) is 57.3 Å². The van der Waals surface area contributed by atoms with Gasteiger partial charge in [0.1, 0.15) is 0 Å². The van der Waals surface area contributed by atoms with Crippen LogP contribution in [0, 0.1) is 0 Å². The Bertz CT molecular complexity index is 516. The monoisotopic (exact) mass is 271 g/mol. The van der Waals surface area contributed by atoms with Crippen molar-refractivity contribution in [2.24, 2.45) is 0 Å². The Morgan fingerprint density at radius 3 is 1.50 bits per heavy atom. The predicted octanol–water partition coefficient (Wildman–Crippen LogP) is 2.92. The van der Waals surface area contributed by atoms with Crippen molar-refractivity contribution in [2.75, 3.05) is 0 Å². The first-order valence-corrected chi connectivity index (χ1v) is 7.26. The molecule has 0 radical (unpaired) electrons. The summed E-state index contributed by atoms with van der Waals surface area (Å²) in [5.41, 5.74) is 0.756. The maximum Gasteiger partial charge on any atom is 0.294 e. The molecule has 0 bridgehead atoms. The minimum atomic E-state index is -4.21. The van der Waals surface area contributed by atoms with Crippen LogP contribution in [0.4, 0.5) is 0 Å². The molecule has 1 N–H and O–H groups in total. The summed E-state index contributed by atoms with van der Waals surface area (Å²) in [5, 5.41) is 0.